The van der Waals surface area contributed by atoms with E-state index in [2.05, 4.69) is 22.3 Å². The monoisotopic (exact) mass is 418 g/mol. The third kappa shape index (κ3) is 5.93. The quantitative estimate of drug-likeness (QED) is 0.423. The number of para-hydroxylation sites is 1. The molecule has 2 aromatic rings. The van der Waals surface area contributed by atoms with E-state index in [1.165, 1.54) is 11.8 Å². The molecule has 0 unspecified atom stereocenters. The van der Waals surface area contributed by atoms with Gasteiger partial charge in [-0.1, -0.05) is 42.5 Å². The van der Waals surface area contributed by atoms with Gasteiger partial charge in [0.15, 0.2) is 0 Å². The molecular weight excluding hydrogens is 392 g/mol. The van der Waals surface area contributed by atoms with Gasteiger partial charge in [0.25, 0.3) is 5.91 Å². The molecule has 1 aliphatic heterocycles. The predicted octanol–water partition coefficient (Wildman–Crippen LogP) is 3.03. The van der Waals surface area contributed by atoms with Crippen molar-refractivity contribution in [2.24, 2.45) is 0 Å². The van der Waals surface area contributed by atoms with Crippen molar-refractivity contribution in [2.75, 3.05) is 38.1 Å². The van der Waals surface area contributed by atoms with Crippen LogP contribution in [-0.2, 0) is 16.1 Å². The molecule has 7 heteroatoms. The molecule has 0 aromatic heterocycles. The average molecular weight is 418 g/mol. The molecule has 1 fully saturated rings. The van der Waals surface area contributed by atoms with Crippen molar-refractivity contribution >= 4 is 17.6 Å². The number of anilines is 1. The van der Waals surface area contributed by atoms with Crippen LogP contribution in [0.4, 0.5) is 5.69 Å². The van der Waals surface area contributed by atoms with E-state index in [0.717, 1.165) is 19.6 Å². The fourth-order valence-electron chi connectivity index (χ4n) is 3.41. The van der Waals surface area contributed by atoms with Gasteiger partial charge in [0, 0.05) is 38.9 Å². The molecule has 1 heterocycles. The number of benzene rings is 2. The Kier molecular flexibility index (Phi) is 7.79. The normalized spacial score (nSPS) is 14.6. The van der Waals surface area contributed by atoms with Crippen molar-refractivity contribution in [1.82, 2.24) is 9.80 Å². The number of nitriles is 1. The van der Waals surface area contributed by atoms with E-state index in [-0.39, 0.29) is 18.1 Å². The molecule has 0 radical (unpaired) electrons. The summed E-state index contributed by atoms with van der Waals surface area (Å²) in [6, 6.07) is 19.0. The van der Waals surface area contributed by atoms with Gasteiger partial charge in [-0.05, 0) is 24.6 Å². The van der Waals surface area contributed by atoms with E-state index in [1.54, 1.807) is 36.1 Å². The number of amides is 1. The Hall–Kier alpha value is -3.63. The van der Waals surface area contributed by atoms with Crippen LogP contribution in [0.3, 0.4) is 0 Å². The summed E-state index contributed by atoms with van der Waals surface area (Å²) in [7, 11) is 0. The van der Waals surface area contributed by atoms with Crippen molar-refractivity contribution in [3.63, 3.8) is 0 Å². The zero-order valence-corrected chi connectivity index (χ0v) is 17.6. The Balaban J connectivity index is 1.60. The van der Waals surface area contributed by atoms with Crippen molar-refractivity contribution in [1.29, 1.82) is 5.26 Å². The summed E-state index contributed by atoms with van der Waals surface area (Å²) in [4.78, 5) is 28.9. The highest BCUT2D eigenvalue weighted by atomic mass is 16.5. The minimum absolute atomic E-state index is 0.00447. The smallest absolute Gasteiger partial charge is 0.340 e. The minimum atomic E-state index is -0.460. The highest BCUT2D eigenvalue weighted by Crippen LogP contribution is 2.17. The van der Waals surface area contributed by atoms with Crippen LogP contribution in [-0.4, -0.2) is 54.5 Å². The average Bonchev–Trinajstić information content (AvgIpc) is 2.81. The van der Waals surface area contributed by atoms with Gasteiger partial charge in [0.1, 0.15) is 11.6 Å². The van der Waals surface area contributed by atoms with Gasteiger partial charge in [-0.25, -0.2) is 4.79 Å². The molecule has 2 aromatic carbocycles. The van der Waals surface area contributed by atoms with Crippen molar-refractivity contribution in [2.45, 2.75) is 13.5 Å². The summed E-state index contributed by atoms with van der Waals surface area (Å²) in [5.74, 6) is -0.777. The van der Waals surface area contributed by atoms with Gasteiger partial charge in [0.05, 0.1) is 17.9 Å². The second-order valence-corrected chi connectivity index (χ2v) is 7.13. The molecule has 1 saturated heterocycles. The molecule has 7 nitrogen and oxygen atoms in total. The number of piperazine rings is 1. The maximum atomic E-state index is 12.8. The highest BCUT2D eigenvalue weighted by Gasteiger charge is 2.24. The number of carbonyl (C=O) groups excluding carboxylic acids is 2. The summed E-state index contributed by atoms with van der Waals surface area (Å²) in [6.45, 7) is 5.46. The van der Waals surface area contributed by atoms with Gasteiger partial charge >= 0.3 is 5.97 Å². The number of ether oxygens (including phenoxy) is 1. The lowest BCUT2D eigenvalue weighted by Gasteiger charge is -2.34. The molecule has 0 saturated carbocycles. The Morgan fingerprint density at radius 2 is 1.74 bits per heavy atom. The number of nitrogens with one attached hydrogen (secondary N) is 1. The lowest BCUT2D eigenvalue weighted by Crippen LogP contribution is -2.48. The maximum Gasteiger partial charge on any atom is 0.340 e. The number of rotatable bonds is 7. The van der Waals surface area contributed by atoms with E-state index >= 15 is 0 Å². The Bertz CT molecular complexity index is 974. The Morgan fingerprint density at radius 1 is 1.06 bits per heavy atom. The third-order valence-corrected chi connectivity index (χ3v) is 5.05. The van der Waals surface area contributed by atoms with Crippen LogP contribution in [0, 0.1) is 11.3 Å². The van der Waals surface area contributed by atoms with Crippen molar-refractivity contribution in [3.8, 4) is 6.07 Å². The Labute approximate surface area is 182 Å². The maximum absolute atomic E-state index is 12.8. The first-order valence-electron chi connectivity index (χ1n) is 10.3. The van der Waals surface area contributed by atoms with Crippen LogP contribution in [0.15, 0.2) is 66.4 Å². The van der Waals surface area contributed by atoms with Gasteiger partial charge in [-0.15, -0.1) is 0 Å². The molecule has 0 atom stereocenters. The van der Waals surface area contributed by atoms with E-state index in [4.69, 9.17) is 4.74 Å². The van der Waals surface area contributed by atoms with E-state index in [1.807, 2.05) is 24.3 Å². The lowest BCUT2D eigenvalue weighted by atomic mass is 10.1. The van der Waals surface area contributed by atoms with Crippen LogP contribution in [0.25, 0.3) is 0 Å². The van der Waals surface area contributed by atoms with Crippen molar-refractivity contribution < 1.29 is 14.3 Å². The molecule has 3 rings (SSSR count). The molecule has 31 heavy (non-hydrogen) atoms. The molecule has 160 valence electrons. The summed E-state index contributed by atoms with van der Waals surface area (Å²) < 4.78 is 5.05. The van der Waals surface area contributed by atoms with Gasteiger partial charge in [-0.2, -0.15) is 5.26 Å². The van der Waals surface area contributed by atoms with Crippen LogP contribution < -0.4 is 5.32 Å². The number of nitrogens with zero attached hydrogens (tertiary/aromatic N) is 3. The number of carbonyl (C=O) groups is 2. The first-order valence-corrected chi connectivity index (χ1v) is 10.3. The summed E-state index contributed by atoms with van der Waals surface area (Å²) in [5, 5.41) is 12.4. The lowest BCUT2D eigenvalue weighted by molar-refractivity contribution is -0.128. The molecule has 1 amide bonds. The minimum Gasteiger partial charge on any atom is -0.462 e. The predicted molar refractivity (Wildman–Crippen MR) is 118 cm³/mol. The Morgan fingerprint density at radius 3 is 2.42 bits per heavy atom. The standard InChI is InChI=1S/C24H26N4O3/c1-2-31-24(30)21-10-6-7-11-22(21)26-17-20(16-25)23(29)28-14-12-27(13-15-28)18-19-8-4-3-5-9-19/h3-11,17,26H,2,12-15,18H2,1H3/b20-17-. The topological polar surface area (TPSA) is 85.7 Å². The SMILES string of the molecule is CCOC(=O)c1ccccc1N/C=C(/C#N)C(=O)N1CCN(Cc2ccccc2)CC1. The summed E-state index contributed by atoms with van der Waals surface area (Å²) >= 11 is 0. The molecule has 1 N–H and O–H groups in total. The fourth-order valence-corrected chi connectivity index (χ4v) is 3.41. The second kappa shape index (κ2) is 11.0. The number of hydrogen-bond donors (Lipinski definition) is 1. The third-order valence-electron chi connectivity index (χ3n) is 5.05. The fraction of sp³-hybridized carbons (Fsp3) is 0.292. The number of esters is 1. The molecular formula is C24H26N4O3. The van der Waals surface area contributed by atoms with Gasteiger partial charge in [0.2, 0.25) is 0 Å². The number of hydrogen-bond acceptors (Lipinski definition) is 6. The van der Waals surface area contributed by atoms with E-state index in [0.29, 0.717) is 24.3 Å². The van der Waals surface area contributed by atoms with Crippen LogP contribution in [0.5, 0.6) is 0 Å². The molecule has 0 spiro atoms. The zero-order valence-electron chi connectivity index (χ0n) is 17.6. The summed E-state index contributed by atoms with van der Waals surface area (Å²) in [5.41, 5.74) is 2.06. The largest absolute Gasteiger partial charge is 0.462 e. The molecule has 1 aliphatic rings. The van der Waals surface area contributed by atoms with Gasteiger partial charge in [-0.3, -0.25) is 9.69 Å². The second-order valence-electron chi connectivity index (χ2n) is 7.13. The van der Waals surface area contributed by atoms with Gasteiger partial charge < -0.3 is 15.0 Å². The molecule has 0 bridgehead atoms. The van der Waals surface area contributed by atoms with Crippen LogP contribution in [0.2, 0.25) is 0 Å². The van der Waals surface area contributed by atoms with E-state index < -0.39 is 5.97 Å². The van der Waals surface area contributed by atoms with Crippen LogP contribution >= 0.6 is 0 Å². The van der Waals surface area contributed by atoms with Crippen LogP contribution in [0.1, 0.15) is 22.8 Å². The zero-order chi connectivity index (χ0) is 22.1. The first kappa shape index (κ1) is 22.1. The first-order chi connectivity index (χ1) is 15.1. The molecule has 0 aliphatic carbocycles. The highest BCUT2D eigenvalue weighted by molar-refractivity contribution is 5.99. The summed E-state index contributed by atoms with van der Waals surface area (Å²) in [6.07, 6.45) is 1.36. The van der Waals surface area contributed by atoms with E-state index in [9.17, 15) is 14.9 Å². The van der Waals surface area contributed by atoms with Crippen molar-refractivity contribution in [3.05, 3.63) is 77.5 Å².